The van der Waals surface area contributed by atoms with Crippen molar-refractivity contribution in [2.75, 3.05) is 0 Å². The Labute approximate surface area is 462 Å². The molecule has 0 saturated carbocycles. The molecule has 10 rings (SSSR count). The Bertz CT molecular complexity index is 3750. The van der Waals surface area contributed by atoms with Crippen molar-refractivity contribution in [3.05, 3.63) is 186 Å². The van der Waals surface area contributed by atoms with E-state index >= 15 is 0 Å². The molecule has 0 aliphatic carbocycles. The molecule has 10 aromatic rings. The molecule has 0 atom stereocenters. The van der Waals surface area contributed by atoms with Gasteiger partial charge in [0, 0.05) is 35.5 Å². The number of hydrogen-bond acceptors (Lipinski definition) is 4. The Morgan fingerprint density at radius 3 is 2.00 bits per heavy atom. The van der Waals surface area contributed by atoms with Crippen LogP contribution < -0.4 is 4.40 Å². The Balaban J connectivity index is 0.000000244. The van der Waals surface area contributed by atoms with Crippen molar-refractivity contribution in [2.45, 2.75) is 117 Å². The van der Waals surface area contributed by atoms with Crippen molar-refractivity contribution in [1.82, 2.24) is 19.5 Å². The average molecular weight is 1220 g/mol. The third-order valence-corrected chi connectivity index (χ3v) is 18.5. The van der Waals surface area contributed by atoms with Crippen LogP contribution >= 0.6 is 11.3 Å². The second-order valence-corrected chi connectivity index (χ2v) is 34.3. The van der Waals surface area contributed by atoms with Gasteiger partial charge in [0.25, 0.3) is 0 Å². The number of rotatable bonds is 9. The number of imidazole rings is 1. The van der Waals surface area contributed by atoms with Gasteiger partial charge in [-0.05, 0) is 81.4 Å². The first-order valence-corrected chi connectivity index (χ1v) is 33.4. The summed E-state index contributed by atoms with van der Waals surface area (Å²) in [6, 6.07) is 54.1. The van der Waals surface area contributed by atoms with Crippen molar-refractivity contribution >= 4 is 60.3 Å². The van der Waals surface area contributed by atoms with Gasteiger partial charge in [0.05, 0.1) is 22.6 Å². The van der Waals surface area contributed by atoms with Gasteiger partial charge >= 0.3 is 160 Å². The van der Waals surface area contributed by atoms with Crippen molar-refractivity contribution in [3.63, 3.8) is 0 Å². The van der Waals surface area contributed by atoms with Gasteiger partial charge in [-0.15, -0.1) is 18.2 Å². The van der Waals surface area contributed by atoms with Gasteiger partial charge < -0.3 is 4.57 Å². The fourth-order valence-corrected chi connectivity index (χ4v) is 13.5. The van der Waals surface area contributed by atoms with E-state index in [-0.39, 0.29) is 37.4 Å². The Morgan fingerprint density at radius 1 is 0.685 bits per heavy atom. The number of nitrogens with zero attached hydrogens (tertiary/aromatic N) is 4. The first-order valence-electron chi connectivity index (χ1n) is 27.7. The van der Waals surface area contributed by atoms with E-state index < -0.39 is 31.9 Å². The van der Waals surface area contributed by atoms with Gasteiger partial charge in [0.2, 0.25) is 0 Å². The number of aromatic nitrogens is 4. The molecule has 4 aromatic heterocycles. The molecule has 0 bridgehead atoms. The molecule has 4 heterocycles. The molecule has 0 spiro atoms. The summed E-state index contributed by atoms with van der Waals surface area (Å²) in [6.07, 6.45) is 0.506. The molecule has 0 N–H and O–H groups in total. The monoisotopic (exact) mass is 1220 g/mol. The van der Waals surface area contributed by atoms with Gasteiger partial charge in [0.15, 0.2) is 0 Å². The van der Waals surface area contributed by atoms with Crippen LogP contribution in [0.25, 0.3) is 82.1 Å². The minimum absolute atomic E-state index is 0. The minimum atomic E-state index is -2.29. The smallest absolute Gasteiger partial charge is 0 e. The van der Waals surface area contributed by atoms with E-state index in [1.54, 1.807) is 23.5 Å². The number of fused-ring (bicyclic) bond motifs is 4. The maximum Gasteiger partial charge on any atom is 0 e. The molecule has 375 valence electrons. The zero-order valence-corrected chi connectivity index (χ0v) is 49.9. The summed E-state index contributed by atoms with van der Waals surface area (Å²) in [5, 5.41) is 2.19. The quantitative estimate of drug-likeness (QED) is 0.107. The van der Waals surface area contributed by atoms with Crippen molar-refractivity contribution in [3.8, 4) is 50.7 Å². The molecule has 4 nitrogen and oxygen atoms in total. The van der Waals surface area contributed by atoms with E-state index in [9.17, 15) is 0 Å². The van der Waals surface area contributed by atoms with Crippen LogP contribution in [0, 0.1) is 24.4 Å². The molecular formula is C66H70GeIrN4S-2. The van der Waals surface area contributed by atoms with Crippen LogP contribution in [0.3, 0.4) is 0 Å². The molecule has 0 amide bonds. The number of benzene rings is 6. The summed E-state index contributed by atoms with van der Waals surface area (Å²) in [5.74, 6) is 8.28. The molecule has 0 fully saturated rings. The molecule has 6 aromatic carbocycles. The summed E-state index contributed by atoms with van der Waals surface area (Å²) in [4.78, 5) is 16.1. The summed E-state index contributed by atoms with van der Waals surface area (Å²) >= 11 is -0.642. The van der Waals surface area contributed by atoms with Crippen molar-refractivity contribution in [1.29, 1.82) is 0 Å². The van der Waals surface area contributed by atoms with Crippen molar-refractivity contribution < 1.29 is 27.0 Å². The van der Waals surface area contributed by atoms with Gasteiger partial charge in [-0.25, -0.2) is 4.98 Å². The summed E-state index contributed by atoms with van der Waals surface area (Å²) < 4.78 is 45.6. The van der Waals surface area contributed by atoms with Crippen LogP contribution in [0.15, 0.2) is 146 Å². The zero-order chi connectivity index (χ0) is 55.6. The second kappa shape index (κ2) is 21.4. The third kappa shape index (κ3) is 11.6. The number of para-hydroxylation sites is 2. The minimum Gasteiger partial charge on any atom is 0 e. The van der Waals surface area contributed by atoms with E-state index in [1.165, 1.54) is 33.5 Å². The summed E-state index contributed by atoms with van der Waals surface area (Å²) in [7, 11) is 0. The Morgan fingerprint density at radius 2 is 1.36 bits per heavy atom. The van der Waals surface area contributed by atoms with Crippen LogP contribution in [0.4, 0.5) is 0 Å². The second-order valence-electron chi connectivity index (χ2n) is 22.7. The number of aryl methyl sites for hydroxylation is 1. The standard InChI is InChI=1S/C43H36N3S.C23H34GeN.Ir/c1-26(2)35-24-31(29-12-7-6-8-13-29)25-36(27(3)4)40(35)46-39-17-10-9-16-38(39)44-42(46)34-15-11-14-32-33-22-23-37(45-43(33)47-41(32)34)30-20-18-28(5)19-21-30;1-22(2,3)15-18-14-21(25-16-20(18)24(7,8)9)17-11-10-12-19(13-17)23(4,5)6;/h6-14,16-27H,1-5H3;10,12-14,16H,15H2,1-9H3;/q2*-1;/i5D3;15D2;. The fourth-order valence-electron chi connectivity index (χ4n) is 9.41. The molecule has 0 aliphatic heterocycles. The maximum absolute atomic E-state index is 8.90. The molecule has 73 heavy (non-hydrogen) atoms. The predicted octanol–water partition coefficient (Wildman–Crippen LogP) is 18.1. The largest absolute Gasteiger partial charge is 0 e. The van der Waals surface area contributed by atoms with Crippen LogP contribution in [-0.2, 0) is 31.9 Å². The van der Waals surface area contributed by atoms with E-state index in [0.717, 1.165) is 75.2 Å². The van der Waals surface area contributed by atoms with Crippen LogP contribution in [0.1, 0.15) is 116 Å². The predicted molar refractivity (Wildman–Crippen MR) is 313 cm³/mol. The van der Waals surface area contributed by atoms with E-state index in [2.05, 4.69) is 173 Å². The summed E-state index contributed by atoms with van der Waals surface area (Å²) in [6.45, 7) is 19.4. The van der Waals surface area contributed by atoms with Gasteiger partial charge in [-0.2, -0.15) is 11.3 Å². The van der Waals surface area contributed by atoms with Crippen LogP contribution in [0.2, 0.25) is 17.3 Å². The fraction of sp³-hybridized carbons (Fsp3) is 0.288. The van der Waals surface area contributed by atoms with E-state index in [1.807, 2.05) is 63.4 Å². The molecule has 7 heteroatoms. The summed E-state index contributed by atoms with van der Waals surface area (Å²) in [5.41, 5.74) is 14.5. The Kier molecular flexibility index (Phi) is 13.8. The molecule has 0 unspecified atom stereocenters. The van der Waals surface area contributed by atoms with Gasteiger partial charge in [0.1, 0.15) is 4.83 Å². The molecule has 1 radical (unpaired) electrons. The van der Waals surface area contributed by atoms with Gasteiger partial charge in [-0.1, -0.05) is 117 Å². The first kappa shape index (κ1) is 47.2. The molecule has 0 saturated heterocycles. The number of hydrogen-bond donors (Lipinski definition) is 0. The molecular weight excluding hydrogens is 1150 g/mol. The third-order valence-electron chi connectivity index (χ3n) is 13.2. The van der Waals surface area contributed by atoms with Gasteiger partial charge in [-0.3, -0.25) is 4.98 Å². The van der Waals surface area contributed by atoms with E-state index in [0.29, 0.717) is 5.56 Å². The number of pyridine rings is 2. The normalized spacial score (nSPS) is 13.5. The van der Waals surface area contributed by atoms with Crippen LogP contribution in [-0.4, -0.2) is 32.8 Å². The number of thiophene rings is 1. The maximum atomic E-state index is 8.90. The first-order chi connectivity index (χ1) is 36.1. The Hall–Kier alpha value is -5.50. The topological polar surface area (TPSA) is 43.6 Å². The zero-order valence-electron chi connectivity index (χ0n) is 49.5. The van der Waals surface area contributed by atoms with Crippen LogP contribution in [0.5, 0.6) is 0 Å². The SMILES string of the molecule is [2H]C([2H])([2H])c1ccc(-c2ccc3c(n2)sc2c(-c4nc5ccccc5n4-c4c(C(C)C)cc(-c5ccccc5)cc4C(C)C)[c-]ccc23)cc1.[2H]C([2H])(c1cc(-c2[c-]ccc(C(C)(C)C)c2)nc[c]1[Ge]([CH3])([CH3])[CH3])C(C)(C)C.[Ir]. The average Bonchev–Trinajstić information content (AvgIpc) is 4.19. The van der Waals surface area contributed by atoms with E-state index in [4.69, 9.17) is 21.8 Å². The molecule has 0 aliphatic rings. The van der Waals surface area contributed by atoms with Crippen molar-refractivity contribution in [2.24, 2.45) is 5.41 Å².